The second-order valence-corrected chi connectivity index (χ2v) is 23.1. The van der Waals surface area contributed by atoms with Crippen LogP contribution in [0.25, 0.3) is 0 Å². The maximum atomic E-state index is 12.9. The van der Waals surface area contributed by atoms with Crippen LogP contribution in [0.5, 0.6) is 0 Å². The molecule has 1 unspecified atom stereocenters. The molecule has 82 heavy (non-hydrogen) atoms. The quantitative estimate of drug-likeness (QED) is 0.0261. The van der Waals surface area contributed by atoms with E-state index in [0.29, 0.717) is 19.3 Å². The van der Waals surface area contributed by atoms with Gasteiger partial charge in [-0.25, -0.2) is 0 Å². The van der Waals surface area contributed by atoms with Crippen LogP contribution in [0.2, 0.25) is 0 Å². The second kappa shape index (κ2) is 69.6. The van der Waals surface area contributed by atoms with Crippen molar-refractivity contribution in [3.05, 3.63) is 109 Å². The van der Waals surface area contributed by atoms with Crippen LogP contribution in [0.3, 0.4) is 0 Å². The summed E-state index contributed by atoms with van der Waals surface area (Å²) in [4.78, 5) is 38.3. The van der Waals surface area contributed by atoms with Crippen LogP contribution in [-0.4, -0.2) is 37.2 Å². The van der Waals surface area contributed by atoms with Crippen molar-refractivity contribution in [1.29, 1.82) is 0 Å². The molecule has 0 aliphatic rings. The van der Waals surface area contributed by atoms with Crippen LogP contribution < -0.4 is 0 Å². The van der Waals surface area contributed by atoms with Crippen molar-refractivity contribution in [1.82, 2.24) is 0 Å². The maximum Gasteiger partial charge on any atom is 0.306 e. The van der Waals surface area contributed by atoms with Crippen LogP contribution in [0.15, 0.2) is 109 Å². The van der Waals surface area contributed by atoms with Crippen molar-refractivity contribution in [2.24, 2.45) is 0 Å². The zero-order valence-corrected chi connectivity index (χ0v) is 54.0. The van der Waals surface area contributed by atoms with E-state index in [2.05, 4.69) is 130 Å². The Morgan fingerprint density at radius 2 is 0.476 bits per heavy atom. The average Bonchev–Trinajstić information content (AvgIpc) is 3.47. The Bertz CT molecular complexity index is 1640. The lowest BCUT2D eigenvalue weighted by molar-refractivity contribution is -0.167. The summed E-state index contributed by atoms with van der Waals surface area (Å²) >= 11 is 0. The number of hydrogen-bond acceptors (Lipinski definition) is 6. The molecule has 0 fully saturated rings. The topological polar surface area (TPSA) is 78.9 Å². The zero-order valence-electron chi connectivity index (χ0n) is 54.0. The lowest BCUT2D eigenvalue weighted by Crippen LogP contribution is -2.30. The van der Waals surface area contributed by atoms with Gasteiger partial charge in [0.1, 0.15) is 13.2 Å². The predicted molar refractivity (Wildman–Crippen MR) is 357 cm³/mol. The van der Waals surface area contributed by atoms with Crippen LogP contribution >= 0.6 is 0 Å². The molecule has 0 aromatic heterocycles. The third-order valence-corrected chi connectivity index (χ3v) is 15.0. The van der Waals surface area contributed by atoms with E-state index in [4.69, 9.17) is 14.2 Å². The highest BCUT2D eigenvalue weighted by Crippen LogP contribution is 2.17. The first-order valence-electron chi connectivity index (χ1n) is 34.9. The molecule has 0 spiro atoms. The van der Waals surface area contributed by atoms with E-state index < -0.39 is 6.10 Å². The maximum absolute atomic E-state index is 12.9. The summed E-state index contributed by atoms with van der Waals surface area (Å²) in [5.74, 6) is -0.873. The molecule has 0 N–H and O–H groups in total. The van der Waals surface area contributed by atoms with Crippen molar-refractivity contribution in [2.45, 2.75) is 341 Å². The number of allylic oxidation sites excluding steroid dienone is 18. The number of hydrogen-bond donors (Lipinski definition) is 0. The number of rotatable bonds is 63. The van der Waals surface area contributed by atoms with Gasteiger partial charge >= 0.3 is 17.9 Å². The van der Waals surface area contributed by atoms with Gasteiger partial charge in [0.05, 0.1) is 0 Å². The fourth-order valence-electron chi connectivity index (χ4n) is 9.81. The Hall–Kier alpha value is -3.93. The molecule has 1 atom stereocenters. The van der Waals surface area contributed by atoms with E-state index >= 15 is 0 Å². The first-order valence-corrected chi connectivity index (χ1v) is 34.9. The molecular formula is C76H130O6. The summed E-state index contributed by atoms with van der Waals surface area (Å²) in [6, 6.07) is 0. The Morgan fingerprint density at radius 1 is 0.256 bits per heavy atom. The van der Waals surface area contributed by atoms with Gasteiger partial charge in [-0.15, -0.1) is 0 Å². The van der Waals surface area contributed by atoms with Crippen molar-refractivity contribution in [2.75, 3.05) is 13.2 Å². The highest BCUT2D eigenvalue weighted by Gasteiger charge is 2.19. The molecule has 0 rings (SSSR count). The van der Waals surface area contributed by atoms with E-state index in [9.17, 15) is 14.4 Å². The van der Waals surface area contributed by atoms with Crippen molar-refractivity contribution in [3.8, 4) is 0 Å². The van der Waals surface area contributed by atoms with E-state index in [1.807, 2.05) is 0 Å². The molecule has 0 saturated carbocycles. The Morgan fingerprint density at radius 3 is 0.768 bits per heavy atom. The van der Waals surface area contributed by atoms with Gasteiger partial charge in [-0.05, 0) is 109 Å². The number of ether oxygens (including phenoxy) is 3. The Labute approximate surface area is 508 Å². The van der Waals surface area contributed by atoms with Gasteiger partial charge in [-0.1, -0.05) is 316 Å². The summed E-state index contributed by atoms with van der Waals surface area (Å²) in [5.41, 5.74) is 0. The minimum absolute atomic E-state index is 0.0772. The monoisotopic (exact) mass is 1140 g/mol. The summed E-state index contributed by atoms with van der Waals surface area (Å²) in [7, 11) is 0. The Balaban J connectivity index is 4.18. The molecule has 470 valence electrons. The minimum atomic E-state index is -0.781. The van der Waals surface area contributed by atoms with Crippen LogP contribution in [0, 0.1) is 0 Å². The van der Waals surface area contributed by atoms with Crippen LogP contribution in [0.1, 0.15) is 335 Å². The van der Waals surface area contributed by atoms with E-state index in [1.165, 1.54) is 180 Å². The van der Waals surface area contributed by atoms with E-state index in [0.717, 1.165) is 116 Å². The number of carbonyl (C=O) groups excluding carboxylic acids is 3. The second-order valence-electron chi connectivity index (χ2n) is 23.1. The first kappa shape index (κ1) is 78.1. The molecule has 0 aliphatic carbocycles. The normalized spacial score (nSPS) is 12.8. The fourth-order valence-corrected chi connectivity index (χ4v) is 9.81. The summed E-state index contributed by atoms with van der Waals surface area (Å²) < 4.78 is 16.9. The third-order valence-electron chi connectivity index (χ3n) is 15.0. The van der Waals surface area contributed by atoms with Gasteiger partial charge in [0.15, 0.2) is 6.10 Å². The van der Waals surface area contributed by atoms with Gasteiger partial charge in [0.25, 0.3) is 0 Å². The zero-order chi connectivity index (χ0) is 59.2. The molecule has 0 aliphatic heterocycles. The van der Waals surface area contributed by atoms with E-state index in [-0.39, 0.29) is 31.1 Å². The molecule has 6 nitrogen and oxygen atoms in total. The predicted octanol–water partition coefficient (Wildman–Crippen LogP) is 24.2. The van der Waals surface area contributed by atoms with Crippen molar-refractivity contribution >= 4 is 17.9 Å². The Kier molecular flexibility index (Phi) is 66.2. The summed E-state index contributed by atoms with van der Waals surface area (Å²) in [5, 5.41) is 0. The standard InChI is InChI=1S/C76H130O6/c1-4-7-10-13-16-19-22-25-27-29-30-31-32-33-34-35-36-37-38-39-40-41-42-43-44-45-46-48-49-51-54-57-60-63-66-69-75(78)81-72-73(71-80-74(77)68-65-62-59-56-53-24-21-18-15-12-9-6-3)82-76(79)70-67-64-61-58-55-52-50-47-28-26-23-20-17-14-11-8-5-2/h7,10,16-17,19-20,25-28,30-31,33-34,36-37,39-40,73H,4-6,8-9,11-15,18,21-24,29,32,35,38,41-72H2,1-3H3/b10-7-,19-16-,20-17-,27-25-,28-26-,31-30-,34-33-,37-36-,40-39-. The third kappa shape index (κ3) is 66.9. The highest BCUT2D eigenvalue weighted by molar-refractivity contribution is 5.71. The highest BCUT2D eigenvalue weighted by atomic mass is 16.6. The molecular weight excluding hydrogens is 1010 g/mol. The summed E-state index contributed by atoms with van der Waals surface area (Å²) in [6.07, 6.45) is 95.4. The van der Waals surface area contributed by atoms with Gasteiger partial charge < -0.3 is 14.2 Å². The largest absolute Gasteiger partial charge is 0.462 e. The van der Waals surface area contributed by atoms with Gasteiger partial charge in [-0.3, -0.25) is 14.4 Å². The van der Waals surface area contributed by atoms with Crippen molar-refractivity contribution < 1.29 is 28.6 Å². The molecule has 0 heterocycles. The fraction of sp³-hybridized carbons (Fsp3) is 0.724. The van der Waals surface area contributed by atoms with Gasteiger partial charge in [0.2, 0.25) is 0 Å². The van der Waals surface area contributed by atoms with Crippen molar-refractivity contribution in [3.63, 3.8) is 0 Å². The van der Waals surface area contributed by atoms with Gasteiger partial charge in [-0.2, -0.15) is 0 Å². The molecule has 0 saturated heterocycles. The minimum Gasteiger partial charge on any atom is -0.462 e. The molecule has 0 aromatic carbocycles. The van der Waals surface area contributed by atoms with Gasteiger partial charge in [0, 0.05) is 19.3 Å². The number of unbranched alkanes of at least 4 members (excludes halogenated alkanes) is 34. The van der Waals surface area contributed by atoms with Crippen LogP contribution in [0.4, 0.5) is 0 Å². The van der Waals surface area contributed by atoms with E-state index in [1.54, 1.807) is 0 Å². The smallest absolute Gasteiger partial charge is 0.306 e. The average molecular weight is 1140 g/mol. The molecule has 0 amide bonds. The SMILES string of the molecule is CC/C=C\C/C=C\C/C=C\C/C=C\C/C=C\C/C=C\C/C=C\CCCCCCCCCCCCCCCC(=O)OCC(COC(=O)CCCCCCCCCCCCCC)OC(=O)CCCCCCCCC/C=C\C/C=C\CCCCC. The lowest BCUT2D eigenvalue weighted by Gasteiger charge is -2.18. The molecule has 0 aromatic rings. The molecule has 0 radical (unpaired) electrons. The summed E-state index contributed by atoms with van der Waals surface area (Å²) in [6.45, 7) is 6.52. The molecule has 6 heteroatoms. The number of carbonyl (C=O) groups is 3. The first-order chi connectivity index (χ1) is 40.5. The van der Waals surface area contributed by atoms with Crippen LogP contribution in [-0.2, 0) is 28.6 Å². The number of esters is 3. The molecule has 0 bridgehead atoms. The lowest BCUT2D eigenvalue weighted by atomic mass is 10.0.